The maximum atomic E-state index is 10.5. The largest absolute Gasteiger partial charge is 0.354 e. The third-order valence-corrected chi connectivity index (χ3v) is 2.61. The Morgan fingerprint density at radius 2 is 2.07 bits per heavy atom. The second-order valence-electron chi connectivity index (χ2n) is 3.51. The van der Waals surface area contributed by atoms with Crippen molar-refractivity contribution in [1.82, 2.24) is 0 Å². The van der Waals surface area contributed by atoms with E-state index in [2.05, 4.69) is 0 Å². The number of nitro groups is 1. The van der Waals surface area contributed by atoms with E-state index in [4.69, 9.17) is 4.74 Å². The van der Waals surface area contributed by atoms with E-state index in [1.165, 1.54) is 0 Å². The zero-order valence-corrected chi connectivity index (χ0v) is 7.84. The van der Waals surface area contributed by atoms with Crippen LogP contribution in [0.1, 0.15) is 12.5 Å². The molecule has 0 radical (unpaired) electrons. The van der Waals surface area contributed by atoms with Crippen LogP contribution in [0.4, 0.5) is 0 Å². The van der Waals surface area contributed by atoms with E-state index in [9.17, 15) is 10.1 Å². The SMILES string of the molecule is CC1OC1(C[N+](=O)[O-])c1ccccc1. The van der Waals surface area contributed by atoms with Gasteiger partial charge in [-0.1, -0.05) is 30.3 Å². The molecule has 2 atom stereocenters. The summed E-state index contributed by atoms with van der Waals surface area (Å²) in [6, 6.07) is 9.35. The van der Waals surface area contributed by atoms with E-state index in [0.29, 0.717) is 0 Å². The minimum atomic E-state index is -0.676. The molecule has 1 aliphatic rings. The summed E-state index contributed by atoms with van der Waals surface area (Å²) in [7, 11) is 0. The molecule has 4 heteroatoms. The Balaban J connectivity index is 2.27. The number of epoxide rings is 1. The summed E-state index contributed by atoms with van der Waals surface area (Å²) < 4.78 is 5.36. The molecule has 0 aliphatic carbocycles. The molecule has 0 N–H and O–H groups in total. The molecule has 1 fully saturated rings. The predicted molar refractivity (Wildman–Crippen MR) is 50.5 cm³/mol. The smallest absolute Gasteiger partial charge is 0.239 e. The molecule has 0 bridgehead atoms. The lowest BCUT2D eigenvalue weighted by atomic mass is 9.96. The van der Waals surface area contributed by atoms with Gasteiger partial charge in [0.2, 0.25) is 6.54 Å². The Morgan fingerprint density at radius 3 is 2.50 bits per heavy atom. The highest BCUT2D eigenvalue weighted by Gasteiger charge is 2.59. The van der Waals surface area contributed by atoms with Crippen LogP contribution in [0, 0.1) is 10.1 Å². The van der Waals surface area contributed by atoms with E-state index in [0.717, 1.165) is 5.56 Å². The first-order valence-electron chi connectivity index (χ1n) is 4.50. The lowest BCUT2D eigenvalue weighted by Crippen LogP contribution is -2.23. The first-order chi connectivity index (χ1) is 6.65. The molecule has 0 amide bonds. The summed E-state index contributed by atoms with van der Waals surface area (Å²) >= 11 is 0. The average molecular weight is 193 g/mol. The maximum absolute atomic E-state index is 10.5. The first-order valence-corrected chi connectivity index (χ1v) is 4.50. The van der Waals surface area contributed by atoms with Gasteiger partial charge in [0.25, 0.3) is 0 Å². The minimum Gasteiger partial charge on any atom is -0.354 e. The quantitative estimate of drug-likeness (QED) is 0.416. The summed E-state index contributed by atoms with van der Waals surface area (Å²) in [5, 5.41) is 10.5. The molecule has 4 nitrogen and oxygen atoms in total. The minimum absolute atomic E-state index is 0.0599. The van der Waals surface area contributed by atoms with Crippen molar-refractivity contribution in [2.24, 2.45) is 0 Å². The average Bonchev–Trinajstić information content (AvgIpc) is 2.78. The Bertz CT molecular complexity index is 352. The number of benzene rings is 1. The van der Waals surface area contributed by atoms with Gasteiger partial charge in [-0.3, -0.25) is 10.1 Å². The van der Waals surface area contributed by atoms with Crippen LogP contribution in [-0.2, 0) is 10.3 Å². The van der Waals surface area contributed by atoms with Crippen LogP contribution in [0.15, 0.2) is 30.3 Å². The van der Waals surface area contributed by atoms with E-state index in [1.54, 1.807) is 0 Å². The van der Waals surface area contributed by atoms with Crippen LogP contribution < -0.4 is 0 Å². The van der Waals surface area contributed by atoms with Gasteiger partial charge in [0.1, 0.15) is 0 Å². The summed E-state index contributed by atoms with van der Waals surface area (Å²) in [6.07, 6.45) is -0.0599. The third-order valence-electron chi connectivity index (χ3n) is 2.61. The zero-order valence-electron chi connectivity index (χ0n) is 7.84. The highest BCUT2D eigenvalue weighted by atomic mass is 16.7. The second-order valence-corrected chi connectivity index (χ2v) is 3.51. The Labute approximate surface area is 81.7 Å². The van der Waals surface area contributed by atoms with Gasteiger partial charge in [0, 0.05) is 4.92 Å². The second kappa shape index (κ2) is 3.06. The van der Waals surface area contributed by atoms with Gasteiger partial charge in [0.05, 0.1) is 6.10 Å². The molecule has 14 heavy (non-hydrogen) atoms. The summed E-state index contributed by atoms with van der Waals surface area (Å²) in [6.45, 7) is 1.70. The molecule has 1 aromatic carbocycles. The maximum Gasteiger partial charge on any atom is 0.239 e. The van der Waals surface area contributed by atoms with Gasteiger partial charge < -0.3 is 4.74 Å². The molecule has 74 valence electrons. The van der Waals surface area contributed by atoms with E-state index >= 15 is 0 Å². The lowest BCUT2D eigenvalue weighted by Gasteiger charge is -2.07. The van der Waals surface area contributed by atoms with E-state index in [-0.39, 0.29) is 17.6 Å². The number of hydrogen-bond acceptors (Lipinski definition) is 3. The van der Waals surface area contributed by atoms with Crippen LogP contribution >= 0.6 is 0 Å². The van der Waals surface area contributed by atoms with Crippen molar-refractivity contribution >= 4 is 0 Å². The molecular weight excluding hydrogens is 182 g/mol. The number of rotatable bonds is 3. The molecule has 1 heterocycles. The first kappa shape index (κ1) is 9.15. The molecule has 1 aromatic rings. The zero-order chi connectivity index (χ0) is 10.2. The molecule has 1 saturated heterocycles. The van der Waals surface area contributed by atoms with Crippen LogP contribution in [0.25, 0.3) is 0 Å². The van der Waals surface area contributed by atoms with Gasteiger partial charge >= 0.3 is 0 Å². The monoisotopic (exact) mass is 193 g/mol. The Morgan fingerprint density at radius 1 is 1.50 bits per heavy atom. The highest BCUT2D eigenvalue weighted by molar-refractivity contribution is 5.28. The Kier molecular flexibility index (Phi) is 2.00. The molecule has 0 aromatic heterocycles. The lowest BCUT2D eigenvalue weighted by molar-refractivity contribution is -0.490. The fourth-order valence-electron chi connectivity index (χ4n) is 1.75. The Hall–Kier alpha value is -1.42. The summed E-state index contributed by atoms with van der Waals surface area (Å²) in [4.78, 5) is 10.2. The van der Waals surface area contributed by atoms with Crippen molar-refractivity contribution in [3.05, 3.63) is 46.0 Å². The van der Waals surface area contributed by atoms with Crippen LogP contribution in [0.2, 0.25) is 0 Å². The molecule has 1 aliphatic heterocycles. The standard InChI is InChI=1S/C10H11NO3/c1-8-10(14-8,7-11(12)13)9-5-3-2-4-6-9/h2-6,8H,7H2,1H3. The van der Waals surface area contributed by atoms with Gasteiger partial charge in [0.15, 0.2) is 5.60 Å². The molecule has 2 rings (SSSR count). The summed E-state index contributed by atoms with van der Waals surface area (Å²) in [5.74, 6) is 0. The van der Waals surface area contributed by atoms with Gasteiger partial charge in [-0.25, -0.2) is 0 Å². The fraction of sp³-hybridized carbons (Fsp3) is 0.400. The van der Waals surface area contributed by atoms with Crippen LogP contribution in [0.3, 0.4) is 0 Å². The number of ether oxygens (including phenoxy) is 1. The van der Waals surface area contributed by atoms with Crippen molar-refractivity contribution in [1.29, 1.82) is 0 Å². The van der Waals surface area contributed by atoms with Crippen molar-refractivity contribution < 1.29 is 9.66 Å². The van der Waals surface area contributed by atoms with Crippen LogP contribution in [-0.4, -0.2) is 17.6 Å². The molecule has 2 unspecified atom stereocenters. The predicted octanol–water partition coefficient (Wildman–Crippen LogP) is 1.58. The van der Waals surface area contributed by atoms with Crippen molar-refractivity contribution in [3.8, 4) is 0 Å². The third kappa shape index (κ3) is 1.37. The number of nitrogens with zero attached hydrogens (tertiary/aromatic N) is 1. The van der Waals surface area contributed by atoms with Crippen molar-refractivity contribution in [3.63, 3.8) is 0 Å². The van der Waals surface area contributed by atoms with Crippen molar-refractivity contribution in [2.45, 2.75) is 18.6 Å². The molecule has 0 saturated carbocycles. The van der Waals surface area contributed by atoms with Crippen LogP contribution in [0.5, 0.6) is 0 Å². The summed E-state index contributed by atoms with van der Waals surface area (Å²) in [5.41, 5.74) is 0.217. The van der Waals surface area contributed by atoms with Crippen molar-refractivity contribution in [2.75, 3.05) is 6.54 Å². The number of hydrogen-bond donors (Lipinski definition) is 0. The van der Waals surface area contributed by atoms with E-state index in [1.807, 2.05) is 37.3 Å². The molecule has 0 spiro atoms. The van der Waals surface area contributed by atoms with Gasteiger partial charge in [-0.2, -0.15) is 0 Å². The van der Waals surface area contributed by atoms with E-state index < -0.39 is 5.60 Å². The topological polar surface area (TPSA) is 55.7 Å². The fourth-order valence-corrected chi connectivity index (χ4v) is 1.75. The van der Waals surface area contributed by atoms with Gasteiger partial charge in [-0.05, 0) is 12.5 Å². The highest BCUT2D eigenvalue weighted by Crippen LogP contribution is 2.45. The molecular formula is C10H11NO3. The normalized spacial score (nSPS) is 29.9. The van der Waals surface area contributed by atoms with Gasteiger partial charge in [-0.15, -0.1) is 0 Å².